The van der Waals surface area contributed by atoms with Crippen molar-refractivity contribution >= 4 is 85.7 Å². The van der Waals surface area contributed by atoms with Gasteiger partial charge in [0.15, 0.2) is 0 Å². The number of hydrogen-bond donors (Lipinski definition) is 1. The molecule has 0 saturated carbocycles. The van der Waals surface area contributed by atoms with Gasteiger partial charge in [-0.3, -0.25) is 0 Å². The molecule has 0 aromatic carbocycles. The van der Waals surface area contributed by atoms with E-state index in [-0.39, 0.29) is 0 Å². The Labute approximate surface area is 135 Å². The predicted molar refractivity (Wildman–Crippen MR) is 103 cm³/mol. The first-order valence-corrected chi connectivity index (χ1v) is 17.3. The van der Waals surface area contributed by atoms with Crippen molar-refractivity contribution in [2.45, 2.75) is 15.7 Å². The molecule has 3 heterocycles. The third-order valence-electron chi connectivity index (χ3n) is 2.77. The summed E-state index contributed by atoms with van der Waals surface area (Å²) >= 11 is 18.3. The molecule has 17 heavy (non-hydrogen) atoms. The zero-order valence-electron chi connectivity index (χ0n) is 9.37. The molecule has 100 valence electrons. The molecule has 0 aromatic rings. The summed E-state index contributed by atoms with van der Waals surface area (Å²) < 4.78 is -1.44. The van der Waals surface area contributed by atoms with Crippen LogP contribution >= 0.6 is 85.7 Å². The van der Waals surface area contributed by atoms with Gasteiger partial charge >= 0.3 is 136 Å². The number of rotatable bonds is 6. The van der Waals surface area contributed by atoms with Crippen molar-refractivity contribution in [2.75, 3.05) is 34.5 Å². The van der Waals surface area contributed by atoms with Crippen LogP contribution in [-0.4, -0.2) is 50.3 Å². The van der Waals surface area contributed by atoms with Crippen LogP contribution in [0.4, 0.5) is 0 Å². The summed E-state index contributed by atoms with van der Waals surface area (Å²) in [6, 6.07) is 0. The van der Waals surface area contributed by atoms with Crippen LogP contribution in [0, 0.1) is 0 Å². The molecule has 3 aliphatic rings. The van der Waals surface area contributed by atoms with Gasteiger partial charge in [-0.05, 0) is 0 Å². The Bertz CT molecular complexity index is 223. The molecule has 3 rings (SSSR count). The van der Waals surface area contributed by atoms with E-state index in [9.17, 15) is 0 Å². The molecule has 3 aliphatic heterocycles. The first-order chi connectivity index (χ1) is 8.23. The second-order valence-electron chi connectivity index (χ2n) is 4.36. The van der Waals surface area contributed by atoms with E-state index < -0.39 is 4.07 Å². The molecule has 0 unspecified atom stereocenters. The zero-order chi connectivity index (χ0) is 11.7. The van der Waals surface area contributed by atoms with Crippen LogP contribution in [0.15, 0.2) is 0 Å². The van der Waals surface area contributed by atoms with Gasteiger partial charge in [-0.1, -0.05) is 0 Å². The van der Waals surface area contributed by atoms with Crippen LogP contribution < -0.4 is 0 Å². The number of hydrogen-bond acceptors (Lipinski definition) is 7. The molecule has 0 aromatic heterocycles. The molecule has 0 atom stereocenters. The van der Waals surface area contributed by atoms with Crippen molar-refractivity contribution in [1.29, 1.82) is 0 Å². The third-order valence-corrected chi connectivity index (χ3v) is 24.5. The normalized spacial score (nSPS) is 28.3. The Kier molecular flexibility index (Phi) is 5.89. The summed E-state index contributed by atoms with van der Waals surface area (Å²) in [5.74, 6) is 8.25. The average molecular weight is 381 g/mol. The van der Waals surface area contributed by atoms with Gasteiger partial charge in [-0.2, -0.15) is 0 Å². The molecule has 0 nitrogen and oxygen atoms in total. The standard InChI is InChI=1S/C9H17PS7/c11-10(15-7-1-12-2-7,16-8-3-13-4-8)17-9-5-14-6-9/h7-11H,1-6H2. The number of thiol groups is 1. The fourth-order valence-corrected chi connectivity index (χ4v) is 28.5. The Morgan fingerprint density at radius 3 is 1.18 bits per heavy atom. The topological polar surface area (TPSA) is 0 Å². The van der Waals surface area contributed by atoms with Crippen molar-refractivity contribution in [3.8, 4) is 0 Å². The minimum atomic E-state index is -1.44. The van der Waals surface area contributed by atoms with Crippen molar-refractivity contribution in [3.63, 3.8) is 0 Å². The van der Waals surface area contributed by atoms with Crippen LogP contribution in [0.3, 0.4) is 0 Å². The average Bonchev–Trinajstić information content (AvgIpc) is 2.13. The second-order valence-corrected chi connectivity index (χ2v) is 26.0. The van der Waals surface area contributed by atoms with Gasteiger partial charge in [-0.25, -0.2) is 0 Å². The predicted octanol–water partition coefficient (Wildman–Crippen LogP) is 4.87. The quantitative estimate of drug-likeness (QED) is 0.512. The Morgan fingerprint density at radius 2 is 1.00 bits per heavy atom. The molecular weight excluding hydrogens is 364 g/mol. The van der Waals surface area contributed by atoms with Gasteiger partial charge in [-0.15, -0.1) is 0 Å². The van der Waals surface area contributed by atoms with E-state index in [4.69, 9.17) is 12.2 Å². The summed E-state index contributed by atoms with van der Waals surface area (Å²) in [5, 5.41) is 2.76. The van der Waals surface area contributed by atoms with Crippen molar-refractivity contribution in [1.82, 2.24) is 0 Å². The van der Waals surface area contributed by atoms with E-state index in [0.29, 0.717) is 0 Å². The fraction of sp³-hybridized carbons (Fsp3) is 1.00. The third kappa shape index (κ3) is 4.18. The van der Waals surface area contributed by atoms with Crippen LogP contribution in [-0.2, 0) is 0 Å². The SMILES string of the molecule is S[PH](SC1CSC1)(SC1CSC1)SC1CSC1. The molecule has 0 bridgehead atoms. The maximum atomic E-state index is 5.20. The summed E-state index contributed by atoms with van der Waals surface area (Å²) in [6.07, 6.45) is 0. The number of thioether (sulfide) groups is 3. The van der Waals surface area contributed by atoms with Crippen molar-refractivity contribution in [3.05, 3.63) is 0 Å². The van der Waals surface area contributed by atoms with Gasteiger partial charge in [0.05, 0.1) is 0 Å². The molecule has 0 aliphatic carbocycles. The van der Waals surface area contributed by atoms with Crippen molar-refractivity contribution in [2.24, 2.45) is 0 Å². The zero-order valence-corrected chi connectivity index (χ0v) is 16.2. The fourth-order valence-electron chi connectivity index (χ4n) is 1.56. The molecule has 0 N–H and O–H groups in total. The minimum absolute atomic E-state index is 0.921. The van der Waals surface area contributed by atoms with Crippen LogP contribution in [0.1, 0.15) is 0 Å². The molecule has 0 amide bonds. The molecule has 0 spiro atoms. The van der Waals surface area contributed by atoms with Gasteiger partial charge in [0.2, 0.25) is 0 Å². The first kappa shape index (κ1) is 14.8. The summed E-state index contributed by atoms with van der Waals surface area (Å²) in [5.41, 5.74) is 0. The summed E-state index contributed by atoms with van der Waals surface area (Å²) in [7, 11) is 0. The molecule has 3 saturated heterocycles. The van der Waals surface area contributed by atoms with Gasteiger partial charge in [0.1, 0.15) is 0 Å². The monoisotopic (exact) mass is 380 g/mol. The molecule has 3 fully saturated rings. The summed E-state index contributed by atoms with van der Waals surface area (Å²) in [4.78, 5) is 0. The molecule has 8 heteroatoms. The van der Waals surface area contributed by atoms with Crippen LogP contribution in [0.2, 0.25) is 0 Å². The maximum absolute atomic E-state index is 5.20. The van der Waals surface area contributed by atoms with Gasteiger partial charge < -0.3 is 0 Å². The Balaban J connectivity index is 1.55. The Hall–Kier alpha value is 2.88. The van der Waals surface area contributed by atoms with E-state index in [1.54, 1.807) is 0 Å². The first-order valence-electron chi connectivity index (χ1n) is 5.72. The van der Waals surface area contributed by atoms with Gasteiger partial charge in [0.25, 0.3) is 0 Å². The molecular formula is C9H17PS7. The summed E-state index contributed by atoms with van der Waals surface area (Å²) in [6.45, 7) is 0. The van der Waals surface area contributed by atoms with Crippen LogP contribution in [0.25, 0.3) is 0 Å². The Morgan fingerprint density at radius 1 is 0.706 bits per heavy atom. The van der Waals surface area contributed by atoms with Gasteiger partial charge in [0, 0.05) is 0 Å². The van der Waals surface area contributed by atoms with E-state index in [2.05, 4.69) is 69.4 Å². The second kappa shape index (κ2) is 6.76. The van der Waals surface area contributed by atoms with Crippen LogP contribution in [0.5, 0.6) is 0 Å². The molecule has 0 radical (unpaired) electrons. The van der Waals surface area contributed by atoms with E-state index >= 15 is 0 Å². The van der Waals surface area contributed by atoms with E-state index in [1.165, 1.54) is 34.5 Å². The van der Waals surface area contributed by atoms with Crippen molar-refractivity contribution < 1.29 is 0 Å². The van der Waals surface area contributed by atoms with E-state index in [1.807, 2.05) is 0 Å². The van der Waals surface area contributed by atoms with E-state index in [0.717, 1.165) is 15.7 Å².